The fourth-order valence-electron chi connectivity index (χ4n) is 2.08. The van der Waals surface area contributed by atoms with Crippen molar-refractivity contribution < 1.29 is 14.3 Å². The quantitative estimate of drug-likeness (QED) is 0.668. The van der Waals surface area contributed by atoms with Gasteiger partial charge in [-0.25, -0.2) is 0 Å². The van der Waals surface area contributed by atoms with Crippen LogP contribution < -0.4 is 15.2 Å². The summed E-state index contributed by atoms with van der Waals surface area (Å²) < 4.78 is 11.0. The average molecular weight is 361 g/mol. The van der Waals surface area contributed by atoms with Crippen molar-refractivity contribution in [3.8, 4) is 17.6 Å². The lowest BCUT2D eigenvalue weighted by Gasteiger charge is -2.15. The van der Waals surface area contributed by atoms with E-state index in [1.54, 1.807) is 24.3 Å². The number of anilines is 1. The molecule has 5 nitrogen and oxygen atoms in total. The minimum Gasteiger partial charge on any atom is -0.495 e. The number of nitrogen functional groups attached to an aromatic ring is 1. The van der Waals surface area contributed by atoms with Crippen molar-refractivity contribution in [3.63, 3.8) is 0 Å². The number of hydrogen-bond donors (Lipinski definition) is 1. The summed E-state index contributed by atoms with van der Waals surface area (Å²) in [5.41, 5.74) is 7.21. The maximum Gasteiger partial charge on any atom is 0.198 e. The number of ether oxygens (including phenoxy) is 2. The van der Waals surface area contributed by atoms with E-state index in [0.717, 1.165) is 0 Å². The van der Waals surface area contributed by atoms with Gasteiger partial charge in [-0.15, -0.1) is 0 Å². The molecule has 0 aliphatic carbocycles. The Morgan fingerprint density at radius 1 is 1.27 bits per heavy atom. The molecule has 0 aliphatic heterocycles. The predicted octanol–water partition coefficient (Wildman–Crippen LogP) is 3.15. The summed E-state index contributed by atoms with van der Waals surface area (Å²) in [6, 6.07) is 9.96. The molecule has 2 N–H and O–H groups in total. The van der Waals surface area contributed by atoms with Crippen molar-refractivity contribution in [2.24, 2.45) is 0 Å². The van der Waals surface area contributed by atoms with E-state index < -0.39 is 0 Å². The summed E-state index contributed by atoms with van der Waals surface area (Å²) in [5, 5.41) is 8.95. The molecule has 0 unspecified atom stereocenters. The van der Waals surface area contributed by atoms with Gasteiger partial charge in [-0.2, -0.15) is 5.26 Å². The maximum absolute atomic E-state index is 12.7. The second kappa shape index (κ2) is 6.50. The molecule has 2 rings (SSSR count). The SMILES string of the molecule is COc1cc(N)c(C(=O)c2cccc(C#N)c2)c(OC)c1Br. The number of rotatable bonds is 4. The minimum absolute atomic E-state index is 0.227. The molecular formula is C16H13BrN2O3. The number of nitrogens with zero attached hydrogens (tertiary/aromatic N) is 1. The first-order valence-corrected chi connectivity index (χ1v) is 7.07. The van der Waals surface area contributed by atoms with Crippen LogP contribution in [0.5, 0.6) is 11.5 Å². The van der Waals surface area contributed by atoms with Crippen molar-refractivity contribution in [1.82, 2.24) is 0 Å². The molecule has 0 heterocycles. The van der Waals surface area contributed by atoms with E-state index in [1.807, 2.05) is 6.07 Å². The molecule has 0 aromatic heterocycles. The first kappa shape index (κ1) is 15.9. The molecule has 6 heteroatoms. The number of hydrogen-bond acceptors (Lipinski definition) is 5. The van der Waals surface area contributed by atoms with E-state index in [0.29, 0.717) is 27.1 Å². The number of nitriles is 1. The first-order chi connectivity index (χ1) is 10.5. The van der Waals surface area contributed by atoms with Gasteiger partial charge in [-0.3, -0.25) is 4.79 Å². The molecule has 2 aromatic carbocycles. The van der Waals surface area contributed by atoms with E-state index in [2.05, 4.69) is 15.9 Å². The zero-order valence-corrected chi connectivity index (χ0v) is 13.6. The first-order valence-electron chi connectivity index (χ1n) is 6.28. The summed E-state index contributed by atoms with van der Waals surface area (Å²) in [6.45, 7) is 0. The van der Waals surface area contributed by atoms with Crippen LogP contribution >= 0.6 is 15.9 Å². The number of carbonyl (C=O) groups excluding carboxylic acids is 1. The Morgan fingerprint density at radius 2 is 2.00 bits per heavy atom. The lowest BCUT2D eigenvalue weighted by atomic mass is 9.99. The third-order valence-corrected chi connectivity index (χ3v) is 3.87. The van der Waals surface area contributed by atoms with Crippen LogP contribution in [0.4, 0.5) is 5.69 Å². The molecular weight excluding hydrogens is 348 g/mol. The zero-order chi connectivity index (χ0) is 16.3. The van der Waals surface area contributed by atoms with Crippen LogP contribution in [0.2, 0.25) is 0 Å². The summed E-state index contributed by atoms with van der Waals surface area (Å²) in [5.74, 6) is 0.440. The molecule has 2 aromatic rings. The topological polar surface area (TPSA) is 85.3 Å². The Bertz CT molecular complexity index is 782. The molecule has 0 spiro atoms. The lowest BCUT2D eigenvalue weighted by Crippen LogP contribution is -2.09. The van der Waals surface area contributed by atoms with Crippen LogP contribution in [-0.2, 0) is 0 Å². The Hall–Kier alpha value is -2.52. The van der Waals surface area contributed by atoms with Gasteiger partial charge in [-0.05, 0) is 28.1 Å². The number of ketones is 1. The highest BCUT2D eigenvalue weighted by Crippen LogP contribution is 2.41. The van der Waals surface area contributed by atoms with E-state index in [4.69, 9.17) is 20.5 Å². The summed E-state index contributed by atoms with van der Waals surface area (Å²) in [4.78, 5) is 12.7. The Balaban J connectivity index is 2.63. The van der Waals surface area contributed by atoms with Gasteiger partial charge in [-0.1, -0.05) is 12.1 Å². The molecule has 0 bridgehead atoms. The minimum atomic E-state index is -0.324. The zero-order valence-electron chi connectivity index (χ0n) is 12.0. The van der Waals surface area contributed by atoms with Gasteiger partial charge in [0.15, 0.2) is 5.78 Å². The smallest absolute Gasteiger partial charge is 0.198 e. The Labute approximate surface area is 136 Å². The number of methoxy groups -OCH3 is 2. The Kier molecular flexibility index (Phi) is 4.68. The van der Waals surface area contributed by atoms with E-state index >= 15 is 0 Å². The van der Waals surface area contributed by atoms with Crippen LogP contribution in [0.1, 0.15) is 21.5 Å². The monoisotopic (exact) mass is 360 g/mol. The van der Waals surface area contributed by atoms with Crippen LogP contribution in [-0.4, -0.2) is 20.0 Å². The standard InChI is InChI=1S/C16H13BrN2O3/c1-21-12-7-11(19)13(16(22-2)14(12)17)15(20)10-5-3-4-9(6-10)8-18/h3-7H,19H2,1-2H3. The van der Waals surface area contributed by atoms with Crippen LogP contribution in [0.25, 0.3) is 0 Å². The molecule has 22 heavy (non-hydrogen) atoms. The van der Waals surface area contributed by atoms with Gasteiger partial charge in [0.1, 0.15) is 16.0 Å². The highest BCUT2D eigenvalue weighted by atomic mass is 79.9. The fourth-order valence-corrected chi connectivity index (χ4v) is 2.71. The molecule has 0 saturated carbocycles. The Morgan fingerprint density at radius 3 is 2.59 bits per heavy atom. The third kappa shape index (κ3) is 2.76. The molecule has 0 saturated heterocycles. The molecule has 0 radical (unpaired) electrons. The summed E-state index contributed by atoms with van der Waals surface area (Å²) in [7, 11) is 2.94. The molecule has 0 amide bonds. The van der Waals surface area contributed by atoms with Gasteiger partial charge in [0.2, 0.25) is 0 Å². The maximum atomic E-state index is 12.7. The van der Waals surface area contributed by atoms with Gasteiger partial charge in [0, 0.05) is 11.6 Å². The molecule has 0 atom stereocenters. The average Bonchev–Trinajstić information content (AvgIpc) is 2.55. The fraction of sp³-hybridized carbons (Fsp3) is 0.125. The number of benzene rings is 2. The highest BCUT2D eigenvalue weighted by molar-refractivity contribution is 9.10. The third-order valence-electron chi connectivity index (χ3n) is 3.12. The number of nitrogens with two attached hydrogens (primary N) is 1. The van der Waals surface area contributed by atoms with Gasteiger partial charge in [0.05, 0.1) is 37.1 Å². The van der Waals surface area contributed by atoms with Gasteiger partial charge >= 0.3 is 0 Å². The summed E-state index contributed by atoms with van der Waals surface area (Å²) in [6.07, 6.45) is 0. The van der Waals surface area contributed by atoms with E-state index in [1.165, 1.54) is 20.3 Å². The lowest BCUT2D eigenvalue weighted by molar-refractivity contribution is 0.103. The molecule has 0 aliphatic rings. The largest absolute Gasteiger partial charge is 0.495 e. The van der Waals surface area contributed by atoms with Gasteiger partial charge in [0.25, 0.3) is 0 Å². The predicted molar refractivity (Wildman–Crippen MR) is 86.2 cm³/mol. The van der Waals surface area contributed by atoms with Crippen molar-refractivity contribution in [3.05, 3.63) is 51.5 Å². The highest BCUT2D eigenvalue weighted by Gasteiger charge is 2.23. The van der Waals surface area contributed by atoms with Crippen LogP contribution in [0.3, 0.4) is 0 Å². The molecule has 0 fully saturated rings. The van der Waals surface area contributed by atoms with Crippen molar-refractivity contribution in [2.45, 2.75) is 0 Å². The van der Waals surface area contributed by atoms with Crippen molar-refractivity contribution in [2.75, 3.05) is 20.0 Å². The van der Waals surface area contributed by atoms with Crippen molar-refractivity contribution in [1.29, 1.82) is 5.26 Å². The van der Waals surface area contributed by atoms with Crippen molar-refractivity contribution >= 4 is 27.4 Å². The van der Waals surface area contributed by atoms with Gasteiger partial charge < -0.3 is 15.2 Å². The number of halogens is 1. The second-order valence-electron chi connectivity index (χ2n) is 4.41. The van der Waals surface area contributed by atoms with Crippen LogP contribution in [0, 0.1) is 11.3 Å². The molecule has 112 valence electrons. The van der Waals surface area contributed by atoms with E-state index in [-0.39, 0.29) is 17.0 Å². The number of carbonyl (C=O) groups is 1. The second-order valence-corrected chi connectivity index (χ2v) is 5.21. The normalized spacial score (nSPS) is 9.91. The van der Waals surface area contributed by atoms with Crippen LogP contribution in [0.15, 0.2) is 34.8 Å². The summed E-state index contributed by atoms with van der Waals surface area (Å²) >= 11 is 3.35. The van der Waals surface area contributed by atoms with E-state index in [9.17, 15) is 4.79 Å².